The van der Waals surface area contributed by atoms with E-state index in [1.54, 1.807) is 39.8 Å². The van der Waals surface area contributed by atoms with Crippen molar-refractivity contribution in [1.82, 2.24) is 4.98 Å². The number of amides is 2. The third kappa shape index (κ3) is 3.91. The van der Waals surface area contributed by atoms with Crippen molar-refractivity contribution in [3.63, 3.8) is 0 Å². The summed E-state index contributed by atoms with van der Waals surface area (Å²) < 4.78 is 0. The second kappa shape index (κ2) is 6.60. The molecule has 0 saturated carbocycles. The minimum atomic E-state index is -0.538. The molecule has 128 valence electrons. The number of anilines is 2. The molecule has 0 aliphatic carbocycles. The van der Waals surface area contributed by atoms with Crippen molar-refractivity contribution in [1.29, 1.82) is 0 Å². The second-order valence-corrected chi connectivity index (χ2v) is 7.62. The topological polar surface area (TPSA) is 91.3 Å². The number of thiazole rings is 1. The van der Waals surface area contributed by atoms with Crippen LogP contribution in [0, 0.1) is 19.3 Å². The smallest absolute Gasteiger partial charge is 0.267 e. The van der Waals surface area contributed by atoms with E-state index in [4.69, 9.17) is 0 Å². The van der Waals surface area contributed by atoms with Crippen molar-refractivity contribution in [2.45, 2.75) is 34.6 Å². The maximum absolute atomic E-state index is 12.4. The number of benzene rings is 1. The van der Waals surface area contributed by atoms with Gasteiger partial charge in [-0.1, -0.05) is 38.2 Å². The molecule has 0 aliphatic heterocycles. The Kier molecular flexibility index (Phi) is 4.94. The minimum Gasteiger partial charge on any atom is -0.508 e. The molecule has 1 aromatic carbocycles. The lowest BCUT2D eigenvalue weighted by molar-refractivity contribution is -0.123. The summed E-state index contributed by atoms with van der Waals surface area (Å²) >= 11 is 1.10. The lowest BCUT2D eigenvalue weighted by atomic mass is 9.96. The van der Waals surface area contributed by atoms with Gasteiger partial charge in [0.05, 0.1) is 11.9 Å². The first-order valence-corrected chi connectivity index (χ1v) is 8.29. The maximum Gasteiger partial charge on any atom is 0.267 e. The lowest BCUT2D eigenvalue weighted by Crippen LogP contribution is -2.27. The van der Waals surface area contributed by atoms with Gasteiger partial charge in [0.2, 0.25) is 5.91 Å². The molecule has 1 aromatic heterocycles. The Hall–Kier alpha value is -2.41. The first-order valence-electron chi connectivity index (χ1n) is 7.47. The lowest BCUT2D eigenvalue weighted by Gasteiger charge is -2.15. The van der Waals surface area contributed by atoms with Crippen molar-refractivity contribution >= 4 is 34.0 Å². The summed E-state index contributed by atoms with van der Waals surface area (Å²) in [4.78, 5) is 28.8. The van der Waals surface area contributed by atoms with Gasteiger partial charge in [-0.25, -0.2) is 4.98 Å². The number of aromatic hydroxyl groups is 1. The summed E-state index contributed by atoms with van der Waals surface area (Å²) in [7, 11) is 0. The molecule has 7 heteroatoms. The van der Waals surface area contributed by atoms with Crippen molar-refractivity contribution in [3.8, 4) is 5.75 Å². The zero-order valence-electron chi connectivity index (χ0n) is 14.4. The predicted octanol–water partition coefficient (Wildman–Crippen LogP) is 3.70. The highest BCUT2D eigenvalue weighted by Crippen LogP contribution is 2.29. The molecule has 0 bridgehead atoms. The van der Waals surface area contributed by atoms with Crippen LogP contribution >= 0.6 is 11.3 Å². The highest BCUT2D eigenvalue weighted by Gasteiger charge is 2.23. The van der Waals surface area contributed by atoms with E-state index in [-0.39, 0.29) is 17.6 Å². The average Bonchev–Trinajstić information content (AvgIpc) is 2.95. The molecule has 6 nitrogen and oxygen atoms in total. The number of hydrogen-bond donors (Lipinski definition) is 3. The Morgan fingerprint density at radius 2 is 1.83 bits per heavy atom. The summed E-state index contributed by atoms with van der Waals surface area (Å²) in [5, 5.41) is 15.7. The van der Waals surface area contributed by atoms with Gasteiger partial charge in [-0.2, -0.15) is 0 Å². The van der Waals surface area contributed by atoms with E-state index in [1.165, 1.54) is 6.20 Å². The number of rotatable bonds is 3. The van der Waals surface area contributed by atoms with Crippen LogP contribution in [0.1, 0.15) is 41.6 Å². The zero-order valence-corrected chi connectivity index (χ0v) is 15.2. The Bertz CT molecular complexity index is 791. The average molecular weight is 347 g/mol. The fourth-order valence-corrected chi connectivity index (χ4v) is 2.63. The number of aryl methyl sites for hydroxylation is 1. The van der Waals surface area contributed by atoms with E-state index in [9.17, 15) is 14.7 Å². The molecule has 24 heavy (non-hydrogen) atoms. The van der Waals surface area contributed by atoms with E-state index < -0.39 is 5.41 Å². The summed E-state index contributed by atoms with van der Waals surface area (Å²) in [6.45, 7) is 8.99. The van der Waals surface area contributed by atoms with Crippen LogP contribution in [0.4, 0.5) is 10.8 Å². The molecule has 0 fully saturated rings. The zero-order chi connectivity index (χ0) is 18.1. The molecule has 0 saturated heterocycles. The first kappa shape index (κ1) is 17.9. The van der Waals surface area contributed by atoms with Gasteiger partial charge in [0.25, 0.3) is 5.91 Å². The quantitative estimate of drug-likeness (QED) is 0.789. The fourth-order valence-electron chi connectivity index (χ4n) is 1.93. The molecule has 3 N–H and O–H groups in total. The van der Waals surface area contributed by atoms with E-state index >= 15 is 0 Å². The van der Waals surface area contributed by atoms with Crippen LogP contribution in [0.25, 0.3) is 0 Å². The van der Waals surface area contributed by atoms with E-state index in [0.717, 1.165) is 16.9 Å². The van der Waals surface area contributed by atoms with Crippen LogP contribution in [0.5, 0.6) is 5.75 Å². The number of nitrogens with zero attached hydrogens (tertiary/aromatic N) is 1. The Labute approximate surface area is 144 Å². The molecule has 1 heterocycles. The Morgan fingerprint density at radius 1 is 1.17 bits per heavy atom. The van der Waals surface area contributed by atoms with Gasteiger partial charge in [0.15, 0.2) is 5.13 Å². The van der Waals surface area contributed by atoms with Gasteiger partial charge in [0.1, 0.15) is 10.6 Å². The molecule has 0 radical (unpaired) electrons. The largest absolute Gasteiger partial charge is 0.508 e. The van der Waals surface area contributed by atoms with Crippen LogP contribution in [0.15, 0.2) is 18.3 Å². The highest BCUT2D eigenvalue weighted by molar-refractivity contribution is 7.17. The van der Waals surface area contributed by atoms with E-state index in [2.05, 4.69) is 15.6 Å². The number of phenolic OH excluding ortho intramolecular Hbond substituents is 1. The standard InChI is InChI=1S/C17H21N3O3S/c1-9-6-7-11(21)10(2)13(9)19-14(22)12-8-18-16(24-12)20-15(23)17(3,4)5/h6-8,21H,1-5H3,(H,19,22)(H,18,20,23). The molecular weight excluding hydrogens is 326 g/mol. The van der Waals surface area contributed by atoms with Gasteiger partial charge in [-0.05, 0) is 25.5 Å². The molecule has 0 atom stereocenters. The second-order valence-electron chi connectivity index (χ2n) is 6.59. The minimum absolute atomic E-state index is 0.123. The number of aromatic nitrogens is 1. The molecule has 2 amide bonds. The van der Waals surface area contributed by atoms with Crippen LogP contribution in [0.3, 0.4) is 0 Å². The Morgan fingerprint density at radius 3 is 2.46 bits per heavy atom. The Balaban J connectivity index is 2.15. The van der Waals surface area contributed by atoms with Gasteiger partial charge in [-0.15, -0.1) is 0 Å². The number of phenols is 1. The number of carbonyl (C=O) groups is 2. The van der Waals surface area contributed by atoms with Crippen LogP contribution in [-0.2, 0) is 4.79 Å². The third-order valence-corrected chi connectivity index (χ3v) is 4.43. The SMILES string of the molecule is Cc1ccc(O)c(C)c1NC(=O)c1cnc(NC(=O)C(C)(C)C)s1. The molecular formula is C17H21N3O3S. The van der Waals surface area contributed by atoms with Crippen LogP contribution in [0.2, 0.25) is 0 Å². The monoisotopic (exact) mass is 347 g/mol. The first-order chi connectivity index (χ1) is 11.1. The van der Waals surface area contributed by atoms with Crippen molar-refractivity contribution < 1.29 is 14.7 Å². The van der Waals surface area contributed by atoms with Gasteiger partial charge >= 0.3 is 0 Å². The van der Waals surface area contributed by atoms with E-state index in [1.807, 2.05) is 6.92 Å². The fraction of sp³-hybridized carbons (Fsp3) is 0.353. The number of hydrogen-bond acceptors (Lipinski definition) is 5. The summed E-state index contributed by atoms with van der Waals surface area (Å²) in [5.41, 5.74) is 1.50. The predicted molar refractivity (Wildman–Crippen MR) is 95.7 cm³/mol. The molecule has 2 rings (SSSR count). The molecule has 2 aromatic rings. The molecule has 0 aliphatic rings. The van der Waals surface area contributed by atoms with Crippen molar-refractivity contribution in [3.05, 3.63) is 34.3 Å². The van der Waals surface area contributed by atoms with Crippen molar-refractivity contribution in [2.24, 2.45) is 5.41 Å². The number of carbonyl (C=O) groups excluding carboxylic acids is 2. The molecule has 0 unspecified atom stereocenters. The van der Waals surface area contributed by atoms with E-state index in [0.29, 0.717) is 21.3 Å². The van der Waals surface area contributed by atoms with Gasteiger partial charge in [-0.3, -0.25) is 9.59 Å². The highest BCUT2D eigenvalue weighted by atomic mass is 32.1. The third-order valence-electron chi connectivity index (χ3n) is 3.51. The summed E-state index contributed by atoms with van der Waals surface area (Å²) in [6, 6.07) is 3.33. The summed E-state index contributed by atoms with van der Waals surface area (Å²) in [5.74, 6) is -0.373. The normalized spacial score (nSPS) is 11.2. The summed E-state index contributed by atoms with van der Waals surface area (Å²) in [6.07, 6.45) is 1.42. The van der Waals surface area contributed by atoms with Crippen molar-refractivity contribution in [2.75, 3.05) is 10.6 Å². The number of nitrogens with one attached hydrogen (secondary N) is 2. The molecule has 0 spiro atoms. The van der Waals surface area contributed by atoms with Gasteiger partial charge < -0.3 is 15.7 Å². The maximum atomic E-state index is 12.4. The van der Waals surface area contributed by atoms with Crippen LogP contribution in [-0.4, -0.2) is 21.9 Å². The van der Waals surface area contributed by atoms with Gasteiger partial charge in [0, 0.05) is 11.0 Å². The van der Waals surface area contributed by atoms with Crippen LogP contribution < -0.4 is 10.6 Å².